The zero-order valence-corrected chi connectivity index (χ0v) is 12.1. The quantitative estimate of drug-likeness (QED) is 0.845. The molecule has 1 aliphatic rings. The Balaban J connectivity index is 2.19. The van der Waals surface area contributed by atoms with Gasteiger partial charge in [0.25, 0.3) is 5.91 Å². The molecule has 0 bridgehead atoms. The maximum Gasteiger partial charge on any atom is 0.356 e. The van der Waals surface area contributed by atoms with Gasteiger partial charge in [0, 0.05) is 19.2 Å². The molecule has 6 nitrogen and oxygen atoms in total. The summed E-state index contributed by atoms with van der Waals surface area (Å²) in [4.78, 5) is 29.9. The number of likely N-dealkylation sites (tertiary alicyclic amines) is 1. The third-order valence-corrected chi connectivity index (χ3v) is 3.71. The second-order valence-electron chi connectivity index (χ2n) is 5.06. The summed E-state index contributed by atoms with van der Waals surface area (Å²) in [6.45, 7) is 0.720. The van der Waals surface area contributed by atoms with E-state index in [1.165, 1.54) is 13.2 Å². The van der Waals surface area contributed by atoms with Crippen LogP contribution in [0.15, 0.2) is 18.2 Å². The van der Waals surface area contributed by atoms with Crippen LogP contribution in [0.5, 0.6) is 0 Å². The van der Waals surface area contributed by atoms with E-state index in [0.717, 1.165) is 19.3 Å². The van der Waals surface area contributed by atoms with Crippen LogP contribution >= 0.6 is 0 Å². The molecule has 0 aromatic carbocycles. The summed E-state index contributed by atoms with van der Waals surface area (Å²) in [6, 6.07) is 4.78. The van der Waals surface area contributed by atoms with Gasteiger partial charge in [0.15, 0.2) is 0 Å². The van der Waals surface area contributed by atoms with Gasteiger partial charge in [-0.15, -0.1) is 0 Å². The first kappa shape index (κ1) is 15.4. The predicted molar refractivity (Wildman–Crippen MR) is 76.0 cm³/mol. The monoisotopic (exact) mass is 292 g/mol. The van der Waals surface area contributed by atoms with Crippen molar-refractivity contribution < 1.29 is 19.4 Å². The van der Waals surface area contributed by atoms with Gasteiger partial charge in [-0.25, -0.2) is 9.78 Å². The highest BCUT2D eigenvalue weighted by molar-refractivity contribution is 5.94. The average molecular weight is 292 g/mol. The fourth-order valence-corrected chi connectivity index (χ4v) is 2.64. The Bertz CT molecular complexity index is 516. The first-order valence-corrected chi connectivity index (χ1v) is 7.14. The molecule has 1 aromatic heterocycles. The number of carbonyl (C=O) groups excluding carboxylic acids is 2. The van der Waals surface area contributed by atoms with Crippen LogP contribution in [0.2, 0.25) is 0 Å². The van der Waals surface area contributed by atoms with E-state index in [0.29, 0.717) is 13.0 Å². The highest BCUT2D eigenvalue weighted by Crippen LogP contribution is 2.21. The molecule has 1 amide bonds. The molecule has 1 N–H and O–H groups in total. The molecule has 1 aliphatic heterocycles. The van der Waals surface area contributed by atoms with Gasteiger partial charge in [0.05, 0.1) is 7.11 Å². The highest BCUT2D eigenvalue weighted by Gasteiger charge is 2.28. The molecule has 114 valence electrons. The number of pyridine rings is 1. The van der Waals surface area contributed by atoms with Crippen molar-refractivity contribution in [3.63, 3.8) is 0 Å². The molecule has 1 aromatic rings. The molecule has 6 heteroatoms. The molecule has 1 saturated heterocycles. The van der Waals surface area contributed by atoms with Crippen molar-refractivity contribution in [2.45, 2.75) is 31.7 Å². The first-order chi connectivity index (χ1) is 10.2. The lowest BCUT2D eigenvalue weighted by atomic mass is 9.99. The minimum absolute atomic E-state index is 0.0415. The van der Waals surface area contributed by atoms with Gasteiger partial charge >= 0.3 is 5.97 Å². The Kier molecular flexibility index (Phi) is 5.27. The van der Waals surface area contributed by atoms with E-state index in [9.17, 15) is 9.59 Å². The number of aromatic nitrogens is 1. The number of esters is 1. The average Bonchev–Trinajstić information content (AvgIpc) is 2.54. The lowest BCUT2D eigenvalue weighted by molar-refractivity contribution is 0.0566. The number of carbonyl (C=O) groups is 2. The zero-order valence-electron chi connectivity index (χ0n) is 12.1. The summed E-state index contributed by atoms with van der Waals surface area (Å²) in [7, 11) is 1.28. The number of rotatable bonds is 4. The highest BCUT2D eigenvalue weighted by atomic mass is 16.5. The number of amides is 1. The molecule has 2 rings (SSSR count). The molecule has 0 saturated carbocycles. The Labute approximate surface area is 123 Å². The number of hydrogen-bond acceptors (Lipinski definition) is 5. The second kappa shape index (κ2) is 7.17. The van der Waals surface area contributed by atoms with Gasteiger partial charge < -0.3 is 14.7 Å². The summed E-state index contributed by atoms with van der Waals surface area (Å²) in [5.41, 5.74) is 0.363. The van der Waals surface area contributed by atoms with Crippen LogP contribution in [0.3, 0.4) is 0 Å². The molecule has 2 heterocycles. The number of hydrogen-bond donors (Lipinski definition) is 1. The minimum atomic E-state index is -0.560. The van der Waals surface area contributed by atoms with Crippen LogP contribution < -0.4 is 0 Å². The van der Waals surface area contributed by atoms with Crippen molar-refractivity contribution in [3.8, 4) is 0 Å². The van der Waals surface area contributed by atoms with E-state index < -0.39 is 5.97 Å². The van der Waals surface area contributed by atoms with Crippen molar-refractivity contribution in [1.82, 2.24) is 9.88 Å². The first-order valence-electron chi connectivity index (χ1n) is 7.14. The lowest BCUT2D eigenvalue weighted by Gasteiger charge is -2.35. The van der Waals surface area contributed by atoms with E-state index in [1.54, 1.807) is 17.0 Å². The Morgan fingerprint density at radius 2 is 2.14 bits per heavy atom. The minimum Gasteiger partial charge on any atom is -0.464 e. The molecular weight excluding hydrogens is 272 g/mol. The Morgan fingerprint density at radius 3 is 2.86 bits per heavy atom. The molecule has 1 fully saturated rings. The number of methoxy groups -OCH3 is 1. The van der Waals surface area contributed by atoms with Gasteiger partial charge in [-0.05, 0) is 37.8 Å². The molecular formula is C15H20N2O4. The summed E-state index contributed by atoms with van der Waals surface area (Å²) >= 11 is 0. The van der Waals surface area contributed by atoms with Gasteiger partial charge in [-0.2, -0.15) is 0 Å². The number of ether oxygens (including phenoxy) is 1. The summed E-state index contributed by atoms with van der Waals surface area (Å²) < 4.78 is 4.62. The maximum absolute atomic E-state index is 12.6. The molecule has 0 spiro atoms. The van der Waals surface area contributed by atoms with E-state index in [4.69, 9.17) is 5.11 Å². The summed E-state index contributed by atoms with van der Waals surface area (Å²) in [5.74, 6) is -0.755. The SMILES string of the molecule is COC(=O)c1cccc(C(=O)N2CCCCC2CCO)n1. The molecule has 0 aliphatic carbocycles. The molecule has 1 unspecified atom stereocenters. The fraction of sp³-hybridized carbons (Fsp3) is 0.533. The van der Waals surface area contributed by atoms with Gasteiger partial charge in [0.1, 0.15) is 11.4 Å². The van der Waals surface area contributed by atoms with E-state index in [-0.39, 0.29) is 29.9 Å². The van der Waals surface area contributed by atoms with E-state index in [1.807, 2.05) is 0 Å². The number of aliphatic hydroxyl groups excluding tert-OH is 1. The normalized spacial score (nSPS) is 18.4. The van der Waals surface area contributed by atoms with Crippen LogP contribution in [0.1, 0.15) is 46.7 Å². The smallest absolute Gasteiger partial charge is 0.356 e. The predicted octanol–water partition coefficient (Wildman–Crippen LogP) is 1.25. The summed E-state index contributed by atoms with van der Waals surface area (Å²) in [5, 5.41) is 9.12. The number of piperidine rings is 1. The van der Waals surface area contributed by atoms with Crippen LogP contribution in [0.25, 0.3) is 0 Å². The van der Waals surface area contributed by atoms with Crippen molar-refractivity contribution in [2.24, 2.45) is 0 Å². The molecule has 1 atom stereocenters. The van der Waals surface area contributed by atoms with Crippen molar-refractivity contribution in [3.05, 3.63) is 29.6 Å². The van der Waals surface area contributed by atoms with Crippen LogP contribution in [0, 0.1) is 0 Å². The Morgan fingerprint density at radius 1 is 1.38 bits per heavy atom. The number of aliphatic hydroxyl groups is 1. The van der Waals surface area contributed by atoms with Crippen LogP contribution in [-0.2, 0) is 4.74 Å². The van der Waals surface area contributed by atoms with Crippen LogP contribution in [-0.4, -0.2) is 53.2 Å². The van der Waals surface area contributed by atoms with Crippen molar-refractivity contribution in [2.75, 3.05) is 20.3 Å². The van der Waals surface area contributed by atoms with Gasteiger partial charge in [-0.3, -0.25) is 4.79 Å². The van der Waals surface area contributed by atoms with Crippen LogP contribution in [0.4, 0.5) is 0 Å². The standard InChI is InChI=1S/C15H20N2O4/c1-21-15(20)13-7-4-6-12(16-13)14(19)17-9-3-2-5-11(17)8-10-18/h4,6-7,11,18H,2-3,5,8-10H2,1H3. The van der Waals surface area contributed by atoms with E-state index in [2.05, 4.69) is 9.72 Å². The fourth-order valence-electron chi connectivity index (χ4n) is 2.64. The van der Waals surface area contributed by atoms with Crippen molar-refractivity contribution >= 4 is 11.9 Å². The lowest BCUT2D eigenvalue weighted by Crippen LogP contribution is -2.44. The Hall–Kier alpha value is -1.95. The molecule has 21 heavy (non-hydrogen) atoms. The third kappa shape index (κ3) is 3.58. The summed E-state index contributed by atoms with van der Waals surface area (Å²) in [6.07, 6.45) is 3.47. The topological polar surface area (TPSA) is 79.7 Å². The van der Waals surface area contributed by atoms with Gasteiger partial charge in [-0.1, -0.05) is 6.07 Å². The largest absolute Gasteiger partial charge is 0.464 e. The second-order valence-corrected chi connectivity index (χ2v) is 5.06. The maximum atomic E-state index is 12.6. The zero-order chi connectivity index (χ0) is 15.2. The third-order valence-electron chi connectivity index (χ3n) is 3.71. The van der Waals surface area contributed by atoms with Crippen molar-refractivity contribution in [1.29, 1.82) is 0 Å². The van der Waals surface area contributed by atoms with E-state index >= 15 is 0 Å². The molecule has 0 radical (unpaired) electrons. The number of nitrogens with zero attached hydrogens (tertiary/aromatic N) is 2. The van der Waals surface area contributed by atoms with Gasteiger partial charge in [0.2, 0.25) is 0 Å².